The number of allylic oxidation sites excluding steroid dienone is 1. The predicted molar refractivity (Wildman–Crippen MR) is 101 cm³/mol. The number of morpholine rings is 1. The van der Waals surface area contributed by atoms with Gasteiger partial charge < -0.3 is 15.0 Å². The van der Waals surface area contributed by atoms with E-state index in [-0.39, 0.29) is 17.7 Å². The number of carbonyl (C=O) groups excluding carboxylic acids is 2. The van der Waals surface area contributed by atoms with Crippen molar-refractivity contribution in [3.05, 3.63) is 11.6 Å². The Morgan fingerprint density at radius 2 is 2.04 bits per heavy atom. The summed E-state index contributed by atoms with van der Waals surface area (Å²) >= 11 is 0. The van der Waals surface area contributed by atoms with Crippen LogP contribution in [-0.4, -0.2) is 74.1 Å². The molecule has 3 aliphatic rings. The van der Waals surface area contributed by atoms with E-state index < -0.39 is 0 Å². The van der Waals surface area contributed by atoms with E-state index in [1.807, 2.05) is 4.90 Å². The smallest absolute Gasteiger partial charge is 0.224 e. The first-order chi connectivity index (χ1) is 12.7. The van der Waals surface area contributed by atoms with Crippen molar-refractivity contribution in [1.29, 1.82) is 0 Å². The van der Waals surface area contributed by atoms with E-state index in [2.05, 4.69) is 16.3 Å². The summed E-state index contributed by atoms with van der Waals surface area (Å²) in [6.45, 7) is 6.29. The Kier molecular flexibility index (Phi) is 7.50. The van der Waals surface area contributed by atoms with Crippen LogP contribution >= 0.6 is 0 Å². The van der Waals surface area contributed by atoms with Crippen molar-refractivity contribution in [3.8, 4) is 0 Å². The standard InChI is InChI=1S/C20H33N3O3/c24-19-7-6-18(16-23(19)11-10-22-12-14-26-15-13-22)20(25)21-9-8-17-4-2-1-3-5-17/h4,18H,1-3,5-16H2,(H,21,25)/t18-/m0/s1. The van der Waals surface area contributed by atoms with Gasteiger partial charge in [0.15, 0.2) is 0 Å². The first kappa shape index (κ1) is 19.4. The number of likely N-dealkylation sites (tertiary alicyclic amines) is 1. The lowest BCUT2D eigenvalue weighted by atomic mass is 9.95. The molecule has 0 aromatic heterocycles. The van der Waals surface area contributed by atoms with Crippen LogP contribution in [0, 0.1) is 5.92 Å². The third kappa shape index (κ3) is 5.81. The van der Waals surface area contributed by atoms with Gasteiger partial charge in [-0.2, -0.15) is 0 Å². The predicted octanol–water partition coefficient (Wildman–Crippen LogP) is 1.56. The van der Waals surface area contributed by atoms with E-state index in [0.29, 0.717) is 19.4 Å². The molecule has 0 unspecified atom stereocenters. The maximum Gasteiger partial charge on any atom is 0.224 e. The van der Waals surface area contributed by atoms with Gasteiger partial charge in [-0.1, -0.05) is 11.6 Å². The minimum atomic E-state index is -0.0577. The molecule has 2 saturated heterocycles. The molecule has 26 heavy (non-hydrogen) atoms. The summed E-state index contributed by atoms with van der Waals surface area (Å²) in [4.78, 5) is 28.9. The molecule has 2 amide bonds. The van der Waals surface area contributed by atoms with Crippen molar-refractivity contribution < 1.29 is 14.3 Å². The van der Waals surface area contributed by atoms with E-state index in [1.54, 1.807) is 0 Å². The molecular formula is C20H33N3O3. The normalized spacial score (nSPS) is 25.1. The van der Waals surface area contributed by atoms with Crippen LogP contribution in [0.5, 0.6) is 0 Å². The number of hydrogen-bond donors (Lipinski definition) is 1. The topological polar surface area (TPSA) is 61.9 Å². The number of amides is 2. The van der Waals surface area contributed by atoms with Gasteiger partial charge in [0.05, 0.1) is 19.1 Å². The van der Waals surface area contributed by atoms with Gasteiger partial charge in [-0.15, -0.1) is 0 Å². The SMILES string of the molecule is O=C(NCCC1=CCCCC1)[C@H]1CCC(=O)N(CCN2CCOCC2)C1. The minimum absolute atomic E-state index is 0.0577. The summed E-state index contributed by atoms with van der Waals surface area (Å²) in [5, 5.41) is 3.10. The highest BCUT2D eigenvalue weighted by atomic mass is 16.5. The zero-order valence-corrected chi connectivity index (χ0v) is 15.9. The van der Waals surface area contributed by atoms with Crippen LogP contribution < -0.4 is 5.32 Å². The monoisotopic (exact) mass is 363 g/mol. The highest BCUT2D eigenvalue weighted by molar-refractivity contribution is 5.83. The van der Waals surface area contributed by atoms with Gasteiger partial charge in [-0.25, -0.2) is 0 Å². The quantitative estimate of drug-likeness (QED) is 0.698. The first-order valence-electron chi connectivity index (χ1n) is 10.3. The van der Waals surface area contributed by atoms with Gasteiger partial charge in [0.2, 0.25) is 11.8 Å². The fourth-order valence-electron chi connectivity index (χ4n) is 4.05. The Bertz CT molecular complexity index is 514. The Labute approximate surface area is 156 Å². The average Bonchev–Trinajstić information content (AvgIpc) is 2.69. The van der Waals surface area contributed by atoms with E-state index in [9.17, 15) is 9.59 Å². The number of carbonyl (C=O) groups is 2. The summed E-state index contributed by atoms with van der Waals surface area (Å²) in [7, 11) is 0. The molecule has 3 rings (SSSR count). The van der Waals surface area contributed by atoms with E-state index in [1.165, 1.54) is 31.3 Å². The Balaban J connectivity index is 1.39. The second-order valence-corrected chi connectivity index (χ2v) is 7.68. The van der Waals surface area contributed by atoms with Crippen LogP contribution in [0.15, 0.2) is 11.6 Å². The second-order valence-electron chi connectivity index (χ2n) is 7.68. The lowest BCUT2D eigenvalue weighted by Crippen LogP contribution is -2.49. The Morgan fingerprint density at radius 1 is 1.19 bits per heavy atom. The van der Waals surface area contributed by atoms with Crippen LogP contribution in [0.4, 0.5) is 0 Å². The summed E-state index contributed by atoms with van der Waals surface area (Å²) < 4.78 is 5.36. The number of rotatable bonds is 7. The van der Waals surface area contributed by atoms with Crippen molar-refractivity contribution in [2.24, 2.45) is 5.92 Å². The zero-order chi connectivity index (χ0) is 18.2. The summed E-state index contributed by atoms with van der Waals surface area (Å²) in [6, 6.07) is 0. The molecule has 0 aromatic rings. The molecule has 1 N–H and O–H groups in total. The molecule has 1 atom stereocenters. The van der Waals surface area contributed by atoms with Gasteiger partial charge in [-0.05, 0) is 38.5 Å². The third-order valence-corrected chi connectivity index (χ3v) is 5.79. The highest BCUT2D eigenvalue weighted by Gasteiger charge is 2.30. The molecule has 2 heterocycles. The number of nitrogens with one attached hydrogen (secondary N) is 1. The fourth-order valence-corrected chi connectivity index (χ4v) is 4.05. The maximum atomic E-state index is 12.5. The van der Waals surface area contributed by atoms with Gasteiger partial charge in [-0.3, -0.25) is 14.5 Å². The van der Waals surface area contributed by atoms with Crippen molar-refractivity contribution in [1.82, 2.24) is 15.1 Å². The molecule has 2 fully saturated rings. The average molecular weight is 364 g/mol. The molecule has 6 heteroatoms. The number of piperidine rings is 1. The van der Waals surface area contributed by atoms with E-state index in [4.69, 9.17) is 4.74 Å². The molecule has 0 spiro atoms. The van der Waals surface area contributed by atoms with Crippen LogP contribution in [0.1, 0.15) is 44.9 Å². The molecule has 146 valence electrons. The highest BCUT2D eigenvalue weighted by Crippen LogP contribution is 2.20. The van der Waals surface area contributed by atoms with Crippen LogP contribution in [0.25, 0.3) is 0 Å². The fraction of sp³-hybridized carbons (Fsp3) is 0.800. The van der Waals surface area contributed by atoms with Crippen LogP contribution in [-0.2, 0) is 14.3 Å². The lowest BCUT2D eigenvalue weighted by molar-refractivity contribution is -0.138. The molecule has 6 nitrogen and oxygen atoms in total. The van der Waals surface area contributed by atoms with E-state index >= 15 is 0 Å². The summed E-state index contributed by atoms with van der Waals surface area (Å²) in [5.41, 5.74) is 1.49. The second kappa shape index (κ2) is 10.1. The van der Waals surface area contributed by atoms with Crippen LogP contribution in [0.3, 0.4) is 0 Å². The van der Waals surface area contributed by atoms with Gasteiger partial charge in [0.25, 0.3) is 0 Å². The molecule has 0 radical (unpaired) electrons. The molecule has 0 aromatic carbocycles. The van der Waals surface area contributed by atoms with Crippen LogP contribution in [0.2, 0.25) is 0 Å². The summed E-state index contributed by atoms with van der Waals surface area (Å²) in [5.74, 6) is 0.248. The number of hydrogen-bond acceptors (Lipinski definition) is 4. The first-order valence-corrected chi connectivity index (χ1v) is 10.3. The van der Waals surface area contributed by atoms with Gasteiger partial charge in [0.1, 0.15) is 0 Å². The summed E-state index contributed by atoms with van der Waals surface area (Å²) in [6.07, 6.45) is 9.43. The number of nitrogens with zero attached hydrogens (tertiary/aromatic N) is 2. The minimum Gasteiger partial charge on any atom is -0.379 e. The molecule has 0 saturated carbocycles. The van der Waals surface area contributed by atoms with Crippen molar-refractivity contribution in [3.63, 3.8) is 0 Å². The van der Waals surface area contributed by atoms with Crippen molar-refractivity contribution in [2.45, 2.75) is 44.9 Å². The maximum absolute atomic E-state index is 12.5. The van der Waals surface area contributed by atoms with Crippen molar-refractivity contribution >= 4 is 11.8 Å². The molecular weight excluding hydrogens is 330 g/mol. The molecule has 2 aliphatic heterocycles. The van der Waals surface area contributed by atoms with Crippen molar-refractivity contribution in [2.75, 3.05) is 52.5 Å². The number of ether oxygens (including phenoxy) is 1. The Morgan fingerprint density at radius 3 is 2.81 bits per heavy atom. The lowest BCUT2D eigenvalue weighted by Gasteiger charge is -2.34. The third-order valence-electron chi connectivity index (χ3n) is 5.79. The van der Waals surface area contributed by atoms with E-state index in [0.717, 1.165) is 52.4 Å². The Hall–Kier alpha value is -1.40. The largest absolute Gasteiger partial charge is 0.379 e. The zero-order valence-electron chi connectivity index (χ0n) is 15.9. The van der Waals surface area contributed by atoms with Gasteiger partial charge >= 0.3 is 0 Å². The molecule has 1 aliphatic carbocycles. The van der Waals surface area contributed by atoms with Gasteiger partial charge in [0, 0.05) is 45.7 Å². The molecule has 0 bridgehead atoms.